The largest absolute Gasteiger partial charge is 0.481 e. The van der Waals surface area contributed by atoms with Gasteiger partial charge in [-0.3, -0.25) is 9.59 Å². The summed E-state index contributed by atoms with van der Waals surface area (Å²) in [6, 6.07) is 0. The first-order valence-electron chi connectivity index (χ1n) is 5.25. The van der Waals surface area contributed by atoms with Gasteiger partial charge >= 0.3 is 5.97 Å². The van der Waals surface area contributed by atoms with Gasteiger partial charge in [0.2, 0.25) is 0 Å². The molecule has 1 aliphatic rings. The summed E-state index contributed by atoms with van der Waals surface area (Å²) in [5, 5.41) is 8.80. The molecule has 92 valence electrons. The van der Waals surface area contributed by atoms with E-state index in [0.717, 1.165) is 0 Å². The Labute approximate surface area is 94.3 Å². The standard InChI is InChI=1S/C10H18N2O4/c1-6(10(14)15)7-4-12(5-7)9(13)8(3-11)16-2/h6-8H,3-5,11H2,1-2H3,(H,14,15). The van der Waals surface area contributed by atoms with Gasteiger partial charge in [0.1, 0.15) is 6.10 Å². The normalized spacial score (nSPS) is 20.1. The lowest BCUT2D eigenvalue weighted by Crippen LogP contribution is -2.57. The van der Waals surface area contributed by atoms with Crippen molar-refractivity contribution in [3.8, 4) is 0 Å². The van der Waals surface area contributed by atoms with Gasteiger partial charge in [0.05, 0.1) is 5.92 Å². The molecule has 1 saturated heterocycles. The van der Waals surface area contributed by atoms with Gasteiger partial charge in [-0.2, -0.15) is 0 Å². The summed E-state index contributed by atoms with van der Waals surface area (Å²) in [6.07, 6.45) is -0.610. The lowest BCUT2D eigenvalue weighted by atomic mass is 9.87. The van der Waals surface area contributed by atoms with E-state index in [1.165, 1.54) is 7.11 Å². The van der Waals surface area contributed by atoms with Gasteiger partial charge < -0.3 is 20.5 Å². The number of amides is 1. The van der Waals surface area contributed by atoms with Crippen molar-refractivity contribution in [2.75, 3.05) is 26.7 Å². The first-order chi connectivity index (χ1) is 7.51. The summed E-state index contributed by atoms with van der Waals surface area (Å²) < 4.78 is 4.93. The summed E-state index contributed by atoms with van der Waals surface area (Å²) in [5.74, 6) is -1.35. The highest BCUT2D eigenvalue weighted by Crippen LogP contribution is 2.24. The van der Waals surface area contributed by atoms with Crippen LogP contribution >= 0.6 is 0 Å². The van der Waals surface area contributed by atoms with Crippen molar-refractivity contribution in [1.29, 1.82) is 0 Å². The molecule has 1 rings (SSSR count). The molecular formula is C10H18N2O4. The number of rotatable bonds is 5. The third kappa shape index (κ3) is 2.51. The van der Waals surface area contributed by atoms with Crippen molar-refractivity contribution < 1.29 is 19.4 Å². The van der Waals surface area contributed by atoms with Gasteiger partial charge in [0.25, 0.3) is 5.91 Å². The fraction of sp³-hybridized carbons (Fsp3) is 0.800. The van der Waals surface area contributed by atoms with Crippen LogP contribution in [0.25, 0.3) is 0 Å². The minimum absolute atomic E-state index is 0.0386. The fourth-order valence-electron chi connectivity index (χ4n) is 1.71. The molecule has 1 heterocycles. The molecule has 2 atom stereocenters. The Morgan fingerprint density at radius 2 is 2.12 bits per heavy atom. The topological polar surface area (TPSA) is 92.9 Å². The molecule has 2 unspecified atom stereocenters. The second-order valence-electron chi connectivity index (χ2n) is 4.09. The fourth-order valence-corrected chi connectivity index (χ4v) is 1.71. The molecular weight excluding hydrogens is 212 g/mol. The Kier molecular flexibility index (Phi) is 4.26. The van der Waals surface area contributed by atoms with Crippen LogP contribution in [0.1, 0.15) is 6.92 Å². The molecule has 0 aromatic heterocycles. The maximum Gasteiger partial charge on any atom is 0.306 e. The van der Waals surface area contributed by atoms with Gasteiger partial charge in [0, 0.05) is 32.7 Å². The molecule has 6 nitrogen and oxygen atoms in total. The minimum atomic E-state index is -0.820. The van der Waals surface area contributed by atoms with Crippen LogP contribution in [-0.2, 0) is 14.3 Å². The number of carboxylic acids is 1. The van der Waals surface area contributed by atoms with Crippen LogP contribution < -0.4 is 5.73 Å². The van der Waals surface area contributed by atoms with E-state index in [9.17, 15) is 9.59 Å². The van der Waals surface area contributed by atoms with Crippen LogP contribution in [0, 0.1) is 11.8 Å². The third-order valence-electron chi connectivity index (χ3n) is 3.09. The quantitative estimate of drug-likeness (QED) is 0.641. The van der Waals surface area contributed by atoms with Crippen molar-refractivity contribution in [3.05, 3.63) is 0 Å². The summed E-state index contributed by atoms with van der Waals surface area (Å²) in [7, 11) is 1.44. The van der Waals surface area contributed by atoms with E-state index < -0.39 is 18.0 Å². The molecule has 3 N–H and O–H groups in total. The number of nitrogens with two attached hydrogens (primary N) is 1. The monoisotopic (exact) mass is 230 g/mol. The van der Waals surface area contributed by atoms with E-state index in [0.29, 0.717) is 13.1 Å². The second-order valence-corrected chi connectivity index (χ2v) is 4.09. The molecule has 0 spiro atoms. The highest BCUT2D eigenvalue weighted by atomic mass is 16.5. The zero-order valence-electron chi connectivity index (χ0n) is 9.55. The second kappa shape index (κ2) is 5.27. The number of carbonyl (C=O) groups is 2. The van der Waals surface area contributed by atoms with Crippen LogP contribution in [-0.4, -0.2) is 54.7 Å². The van der Waals surface area contributed by atoms with Gasteiger partial charge in [-0.1, -0.05) is 6.92 Å². The number of carbonyl (C=O) groups excluding carboxylic acids is 1. The zero-order valence-corrected chi connectivity index (χ0v) is 9.55. The highest BCUT2D eigenvalue weighted by molar-refractivity contribution is 5.82. The maximum absolute atomic E-state index is 11.7. The Morgan fingerprint density at radius 3 is 2.50 bits per heavy atom. The Bertz CT molecular complexity index is 272. The Morgan fingerprint density at radius 1 is 1.56 bits per heavy atom. The van der Waals surface area contributed by atoms with Gasteiger partial charge in [0.15, 0.2) is 0 Å². The lowest BCUT2D eigenvalue weighted by Gasteiger charge is -2.42. The molecule has 0 aliphatic carbocycles. The van der Waals surface area contributed by atoms with Crippen LogP contribution in [0.2, 0.25) is 0 Å². The Hall–Kier alpha value is -1.14. The van der Waals surface area contributed by atoms with Crippen molar-refractivity contribution in [3.63, 3.8) is 0 Å². The van der Waals surface area contributed by atoms with Crippen molar-refractivity contribution in [2.45, 2.75) is 13.0 Å². The first kappa shape index (κ1) is 12.9. The summed E-state index contributed by atoms with van der Waals surface area (Å²) in [5.41, 5.74) is 5.38. The number of likely N-dealkylation sites (tertiary alicyclic amines) is 1. The van der Waals surface area contributed by atoms with Crippen LogP contribution in [0.3, 0.4) is 0 Å². The van der Waals surface area contributed by atoms with Gasteiger partial charge in [-0.05, 0) is 0 Å². The summed E-state index contributed by atoms with van der Waals surface area (Å²) in [4.78, 5) is 24.0. The van der Waals surface area contributed by atoms with E-state index in [-0.39, 0.29) is 18.4 Å². The number of aliphatic carboxylic acids is 1. The van der Waals surface area contributed by atoms with E-state index in [1.807, 2.05) is 0 Å². The predicted octanol–water partition coefficient (Wildman–Crippen LogP) is -0.861. The summed E-state index contributed by atoms with van der Waals surface area (Å²) >= 11 is 0. The average molecular weight is 230 g/mol. The lowest BCUT2D eigenvalue weighted by molar-refractivity contribution is -0.155. The molecule has 1 amide bonds. The third-order valence-corrected chi connectivity index (χ3v) is 3.09. The van der Waals surface area contributed by atoms with Crippen molar-refractivity contribution >= 4 is 11.9 Å². The first-order valence-corrected chi connectivity index (χ1v) is 5.25. The number of nitrogens with zero attached hydrogens (tertiary/aromatic N) is 1. The van der Waals surface area contributed by atoms with E-state index in [2.05, 4.69) is 0 Å². The molecule has 0 aromatic rings. The predicted molar refractivity (Wildman–Crippen MR) is 56.7 cm³/mol. The van der Waals surface area contributed by atoms with E-state index >= 15 is 0 Å². The molecule has 0 bridgehead atoms. The zero-order chi connectivity index (χ0) is 12.3. The van der Waals surface area contributed by atoms with Crippen LogP contribution in [0.15, 0.2) is 0 Å². The Balaban J connectivity index is 2.41. The number of methoxy groups -OCH3 is 1. The number of hydrogen-bond acceptors (Lipinski definition) is 4. The average Bonchev–Trinajstić information content (AvgIpc) is 2.17. The minimum Gasteiger partial charge on any atom is -0.481 e. The maximum atomic E-state index is 11.7. The van der Waals surface area contributed by atoms with Gasteiger partial charge in [-0.15, -0.1) is 0 Å². The molecule has 0 radical (unpaired) electrons. The summed E-state index contributed by atoms with van der Waals surface area (Å²) in [6.45, 7) is 2.76. The molecule has 0 saturated carbocycles. The van der Waals surface area contributed by atoms with E-state index in [4.69, 9.17) is 15.6 Å². The number of hydrogen-bond donors (Lipinski definition) is 2. The van der Waals surface area contributed by atoms with Crippen LogP contribution in [0.4, 0.5) is 0 Å². The molecule has 0 aromatic carbocycles. The molecule has 6 heteroatoms. The van der Waals surface area contributed by atoms with Gasteiger partial charge in [-0.25, -0.2) is 0 Å². The molecule has 16 heavy (non-hydrogen) atoms. The molecule has 1 fully saturated rings. The SMILES string of the molecule is COC(CN)C(=O)N1CC(C(C)C(=O)O)C1. The van der Waals surface area contributed by atoms with E-state index in [1.54, 1.807) is 11.8 Å². The number of ether oxygens (including phenoxy) is 1. The number of carboxylic acid groups (broad SMARTS) is 1. The van der Waals surface area contributed by atoms with Crippen molar-refractivity contribution in [2.24, 2.45) is 17.6 Å². The molecule has 1 aliphatic heterocycles. The van der Waals surface area contributed by atoms with Crippen LogP contribution in [0.5, 0.6) is 0 Å². The highest BCUT2D eigenvalue weighted by Gasteiger charge is 2.38. The smallest absolute Gasteiger partial charge is 0.306 e. The van der Waals surface area contributed by atoms with Crippen molar-refractivity contribution in [1.82, 2.24) is 4.90 Å².